The van der Waals surface area contributed by atoms with Crippen LogP contribution in [0.2, 0.25) is 5.15 Å². The van der Waals surface area contributed by atoms with E-state index in [0.29, 0.717) is 5.15 Å². The zero-order chi connectivity index (χ0) is 13.4. The van der Waals surface area contributed by atoms with Crippen LogP contribution in [-0.2, 0) is 0 Å². The minimum atomic E-state index is 0.436. The third kappa shape index (κ3) is 2.17. The number of nitrogens with zero attached hydrogens (tertiary/aromatic N) is 3. The molecule has 0 amide bonds. The van der Waals surface area contributed by atoms with Crippen molar-refractivity contribution in [3.63, 3.8) is 0 Å². The molecule has 0 spiro atoms. The number of aryl methyl sites for hydroxylation is 2. The molecule has 0 saturated carbocycles. The van der Waals surface area contributed by atoms with Gasteiger partial charge in [0.05, 0.1) is 16.9 Å². The van der Waals surface area contributed by atoms with Crippen LogP contribution >= 0.6 is 11.6 Å². The normalized spacial score (nSPS) is 10.9. The molecule has 0 saturated heterocycles. The molecular formula is C15H12ClN3. The highest BCUT2D eigenvalue weighted by Gasteiger charge is 2.10. The minimum Gasteiger partial charge on any atom is -0.256 e. The summed E-state index contributed by atoms with van der Waals surface area (Å²) in [5.74, 6) is 0. The molecule has 0 aliphatic heterocycles. The van der Waals surface area contributed by atoms with Crippen LogP contribution in [0.25, 0.3) is 22.2 Å². The topological polar surface area (TPSA) is 38.7 Å². The number of halogens is 1. The van der Waals surface area contributed by atoms with E-state index >= 15 is 0 Å². The average molecular weight is 270 g/mol. The third-order valence-electron chi connectivity index (χ3n) is 3.14. The lowest BCUT2D eigenvalue weighted by molar-refractivity contribution is 1.05. The summed E-state index contributed by atoms with van der Waals surface area (Å²) in [4.78, 5) is 13.2. The van der Waals surface area contributed by atoms with Crippen molar-refractivity contribution in [2.75, 3.05) is 0 Å². The Labute approximate surface area is 116 Å². The summed E-state index contributed by atoms with van der Waals surface area (Å²) < 4.78 is 0. The SMILES string of the molecule is Cc1nc(Cl)c(-c2ccc3ncccc3c2)nc1C. The lowest BCUT2D eigenvalue weighted by Gasteiger charge is -2.07. The maximum atomic E-state index is 6.20. The first-order valence-electron chi connectivity index (χ1n) is 6.01. The van der Waals surface area contributed by atoms with Crippen molar-refractivity contribution in [3.8, 4) is 11.3 Å². The third-order valence-corrected chi connectivity index (χ3v) is 3.40. The number of hydrogen-bond donors (Lipinski definition) is 0. The number of rotatable bonds is 1. The average Bonchev–Trinajstić information content (AvgIpc) is 2.42. The first-order valence-corrected chi connectivity index (χ1v) is 6.39. The lowest BCUT2D eigenvalue weighted by atomic mass is 10.1. The van der Waals surface area contributed by atoms with Crippen molar-refractivity contribution >= 4 is 22.5 Å². The second-order valence-corrected chi connectivity index (χ2v) is 4.80. The molecule has 3 rings (SSSR count). The molecule has 2 heterocycles. The molecule has 19 heavy (non-hydrogen) atoms. The van der Waals surface area contributed by atoms with Crippen LogP contribution in [0.5, 0.6) is 0 Å². The summed E-state index contributed by atoms with van der Waals surface area (Å²) in [7, 11) is 0. The molecule has 0 fully saturated rings. The Morgan fingerprint density at radius 3 is 2.63 bits per heavy atom. The van der Waals surface area contributed by atoms with E-state index in [2.05, 4.69) is 15.0 Å². The number of benzene rings is 1. The molecule has 4 heteroatoms. The van der Waals surface area contributed by atoms with E-state index in [4.69, 9.17) is 11.6 Å². The number of pyridine rings is 1. The van der Waals surface area contributed by atoms with Gasteiger partial charge >= 0.3 is 0 Å². The van der Waals surface area contributed by atoms with Crippen molar-refractivity contribution in [2.45, 2.75) is 13.8 Å². The quantitative estimate of drug-likeness (QED) is 0.671. The van der Waals surface area contributed by atoms with Crippen molar-refractivity contribution in [3.05, 3.63) is 53.1 Å². The molecular weight excluding hydrogens is 258 g/mol. The molecule has 3 nitrogen and oxygen atoms in total. The lowest BCUT2D eigenvalue weighted by Crippen LogP contribution is -1.96. The van der Waals surface area contributed by atoms with Gasteiger partial charge in [0.25, 0.3) is 0 Å². The van der Waals surface area contributed by atoms with Crippen LogP contribution in [-0.4, -0.2) is 15.0 Å². The molecule has 0 atom stereocenters. The molecule has 0 aliphatic rings. The fourth-order valence-electron chi connectivity index (χ4n) is 1.98. The molecule has 2 aromatic heterocycles. The van der Waals surface area contributed by atoms with E-state index in [1.807, 2.05) is 44.2 Å². The molecule has 1 aromatic carbocycles. The second-order valence-electron chi connectivity index (χ2n) is 4.44. The van der Waals surface area contributed by atoms with Gasteiger partial charge < -0.3 is 0 Å². The number of fused-ring (bicyclic) bond motifs is 1. The standard InChI is InChI=1S/C15H12ClN3/c1-9-10(2)19-15(16)14(18-9)12-5-6-13-11(8-12)4-3-7-17-13/h3-8H,1-2H3. The molecule has 3 aromatic rings. The maximum absolute atomic E-state index is 6.20. The zero-order valence-corrected chi connectivity index (χ0v) is 11.4. The van der Waals surface area contributed by atoms with E-state index < -0.39 is 0 Å². The zero-order valence-electron chi connectivity index (χ0n) is 10.7. The van der Waals surface area contributed by atoms with Gasteiger partial charge in [-0.1, -0.05) is 23.7 Å². The van der Waals surface area contributed by atoms with Gasteiger partial charge in [0.1, 0.15) is 5.69 Å². The summed E-state index contributed by atoms with van der Waals surface area (Å²) in [5, 5.41) is 1.50. The second kappa shape index (κ2) is 4.59. The van der Waals surface area contributed by atoms with E-state index in [9.17, 15) is 0 Å². The van der Waals surface area contributed by atoms with Crippen LogP contribution in [0.1, 0.15) is 11.4 Å². The van der Waals surface area contributed by atoms with Gasteiger partial charge in [0, 0.05) is 17.1 Å². The van der Waals surface area contributed by atoms with Crippen LogP contribution in [0.4, 0.5) is 0 Å². The van der Waals surface area contributed by atoms with Crippen LogP contribution < -0.4 is 0 Å². The van der Waals surface area contributed by atoms with Crippen LogP contribution in [0.15, 0.2) is 36.5 Å². The molecule has 0 aliphatic carbocycles. The minimum absolute atomic E-state index is 0.436. The number of aromatic nitrogens is 3. The van der Waals surface area contributed by atoms with Crippen LogP contribution in [0.3, 0.4) is 0 Å². The highest BCUT2D eigenvalue weighted by molar-refractivity contribution is 6.31. The summed E-state index contributed by atoms with van der Waals surface area (Å²) in [5.41, 5.74) is 4.39. The first-order chi connectivity index (χ1) is 9.15. The summed E-state index contributed by atoms with van der Waals surface area (Å²) in [6.45, 7) is 3.84. The first kappa shape index (κ1) is 12.1. The Balaban J connectivity index is 2.21. The number of hydrogen-bond acceptors (Lipinski definition) is 3. The van der Waals surface area contributed by atoms with Gasteiger partial charge in [-0.15, -0.1) is 0 Å². The van der Waals surface area contributed by atoms with Gasteiger partial charge in [-0.2, -0.15) is 0 Å². The smallest absolute Gasteiger partial charge is 0.155 e. The molecule has 0 radical (unpaired) electrons. The van der Waals surface area contributed by atoms with E-state index in [0.717, 1.165) is 33.5 Å². The van der Waals surface area contributed by atoms with E-state index in [1.165, 1.54) is 0 Å². The summed E-state index contributed by atoms with van der Waals surface area (Å²) >= 11 is 6.20. The summed E-state index contributed by atoms with van der Waals surface area (Å²) in [6, 6.07) is 9.92. The Kier molecular flexibility index (Phi) is 2.91. The molecule has 0 bridgehead atoms. The van der Waals surface area contributed by atoms with E-state index in [1.54, 1.807) is 6.20 Å². The van der Waals surface area contributed by atoms with Crippen molar-refractivity contribution < 1.29 is 0 Å². The predicted molar refractivity (Wildman–Crippen MR) is 77.3 cm³/mol. The summed E-state index contributed by atoms with van der Waals surface area (Å²) in [6.07, 6.45) is 1.78. The fraction of sp³-hybridized carbons (Fsp3) is 0.133. The highest BCUT2D eigenvalue weighted by Crippen LogP contribution is 2.27. The fourth-order valence-corrected chi connectivity index (χ4v) is 2.26. The van der Waals surface area contributed by atoms with Crippen molar-refractivity contribution in [1.29, 1.82) is 0 Å². The predicted octanol–water partition coefficient (Wildman–Crippen LogP) is 3.96. The molecule has 0 unspecified atom stereocenters. The van der Waals surface area contributed by atoms with Gasteiger partial charge in [-0.3, -0.25) is 4.98 Å². The maximum Gasteiger partial charge on any atom is 0.155 e. The van der Waals surface area contributed by atoms with Gasteiger partial charge in [-0.05, 0) is 32.0 Å². The Hall–Kier alpha value is -2.00. The molecule has 94 valence electrons. The van der Waals surface area contributed by atoms with Crippen molar-refractivity contribution in [2.24, 2.45) is 0 Å². The highest BCUT2D eigenvalue weighted by atomic mass is 35.5. The van der Waals surface area contributed by atoms with E-state index in [-0.39, 0.29) is 0 Å². The Bertz CT molecular complexity index is 768. The van der Waals surface area contributed by atoms with Gasteiger partial charge in [0.2, 0.25) is 0 Å². The Morgan fingerprint density at radius 1 is 1.00 bits per heavy atom. The van der Waals surface area contributed by atoms with Gasteiger partial charge in [-0.25, -0.2) is 9.97 Å². The van der Waals surface area contributed by atoms with Gasteiger partial charge in [0.15, 0.2) is 5.15 Å². The largest absolute Gasteiger partial charge is 0.256 e. The Morgan fingerprint density at radius 2 is 1.79 bits per heavy atom. The monoisotopic (exact) mass is 269 g/mol. The van der Waals surface area contributed by atoms with Crippen molar-refractivity contribution in [1.82, 2.24) is 15.0 Å². The van der Waals surface area contributed by atoms with Crippen LogP contribution in [0, 0.1) is 13.8 Å². The molecule has 0 N–H and O–H groups in total.